The summed E-state index contributed by atoms with van der Waals surface area (Å²) in [4.78, 5) is 74.4. The van der Waals surface area contributed by atoms with E-state index in [2.05, 4.69) is 83.9 Å². The summed E-state index contributed by atoms with van der Waals surface area (Å²) in [6.45, 7) is 0. The first kappa shape index (κ1) is 51.1. The third-order valence-corrected chi connectivity index (χ3v) is 9.95. The standard InChI is InChI=1S/2C13H8N4.2C8H4BrO4.Mn.3H2O/c2*1-3-8-10(14-5-1)11-9(4-2-6-15-11)13-12(8)16-7-17-13;2*9-6-3-4(7(10)11)1-2-5(6)8(12)13;;;;/h2*1-7H,(H,16,17);2*1,3H,(H,10,11)(H,12,13);;3*1H2/q;;2*-1;;;;/p-2. The molecule has 6 heterocycles. The van der Waals surface area contributed by atoms with Gasteiger partial charge in [-0.1, -0.05) is 8.95 Å². The van der Waals surface area contributed by atoms with Crippen molar-refractivity contribution in [2.24, 2.45) is 0 Å². The molecule has 6 aromatic heterocycles. The second kappa shape index (κ2) is 22.2. The van der Waals surface area contributed by atoms with Crippen molar-refractivity contribution in [3.05, 3.63) is 154 Å². The number of halogens is 2. The molecule has 0 saturated carbocycles. The van der Waals surface area contributed by atoms with Crippen molar-refractivity contribution in [3.63, 3.8) is 0 Å². The molecule has 0 bridgehead atoms. The Balaban J connectivity index is 0.000000225. The Morgan fingerprint density at radius 3 is 1.12 bits per heavy atom. The van der Waals surface area contributed by atoms with Gasteiger partial charge in [0.15, 0.2) is 0 Å². The molecule has 19 nitrogen and oxygen atoms in total. The molecule has 10 rings (SSSR count). The zero-order chi connectivity index (χ0) is 42.5. The van der Waals surface area contributed by atoms with Gasteiger partial charge in [-0.25, -0.2) is 9.97 Å². The minimum Gasteiger partial charge on any atom is -0.603 e. The van der Waals surface area contributed by atoms with E-state index in [9.17, 15) is 29.4 Å². The van der Waals surface area contributed by atoms with Gasteiger partial charge in [0, 0.05) is 63.4 Å². The molecule has 0 aliphatic rings. The van der Waals surface area contributed by atoms with Crippen LogP contribution in [0.15, 0.2) is 119 Å². The average Bonchev–Trinajstić information content (AvgIpc) is 3.96. The van der Waals surface area contributed by atoms with Crippen LogP contribution in [0.25, 0.3) is 65.7 Å². The van der Waals surface area contributed by atoms with Crippen LogP contribution in [0.1, 0.15) is 41.4 Å². The number of carboxylic acid groups (broad SMARTS) is 4. The molecular formula is C42H28Br2MnN8O11-4. The normalized spacial score (nSPS) is 10.0. The third-order valence-electron chi connectivity index (χ3n) is 8.70. The minimum atomic E-state index is -1.40. The van der Waals surface area contributed by atoms with Gasteiger partial charge in [0.25, 0.3) is 11.9 Å². The molecule has 0 unspecified atom stereocenters. The zero-order valence-corrected chi connectivity index (χ0v) is 36.4. The summed E-state index contributed by atoms with van der Waals surface area (Å²) in [5, 5.41) is 42.0. The SMILES string of the molecule is O.O.O.O=C(O)c1c[c-]c(C(=O)[O-])c(Br)c1.O=C(O)c1c[c-]c(C(=O)[O-])c(Br)c1.[Mn].c1cnc2c(c1)c1nc[nH]c1c1cccnc12.c1cnc2c(c1)c1nc[nH]c1c1cccnc12. The van der Waals surface area contributed by atoms with E-state index in [4.69, 9.17) is 10.2 Å². The second-order valence-electron chi connectivity index (χ2n) is 12.3. The fraction of sp³-hybridized carbons (Fsp3) is 0. The second-order valence-corrected chi connectivity index (χ2v) is 14.0. The van der Waals surface area contributed by atoms with Crippen molar-refractivity contribution >= 4 is 121 Å². The summed E-state index contributed by atoms with van der Waals surface area (Å²) >= 11 is 5.80. The van der Waals surface area contributed by atoms with Crippen molar-refractivity contribution in [2.45, 2.75) is 0 Å². The molecule has 64 heavy (non-hydrogen) atoms. The molecule has 22 heteroatoms. The van der Waals surface area contributed by atoms with Crippen LogP contribution in [-0.4, -0.2) is 90.4 Å². The summed E-state index contributed by atoms with van der Waals surface area (Å²) in [5.74, 6) is -5.07. The van der Waals surface area contributed by atoms with E-state index in [1.54, 1.807) is 37.4 Å². The van der Waals surface area contributed by atoms with Crippen molar-refractivity contribution < 1.29 is 73.1 Å². The third kappa shape index (κ3) is 10.5. The molecule has 0 aliphatic carbocycles. The number of imidazole rings is 2. The first-order chi connectivity index (χ1) is 28.9. The Kier molecular flexibility index (Phi) is 17.7. The summed E-state index contributed by atoms with van der Waals surface area (Å²) in [7, 11) is 0. The number of nitrogens with one attached hydrogen (secondary N) is 2. The summed E-state index contributed by atoms with van der Waals surface area (Å²) in [5.41, 5.74) is 7.15. The Labute approximate surface area is 386 Å². The van der Waals surface area contributed by atoms with E-state index in [-0.39, 0.29) is 64.7 Å². The number of benzene rings is 4. The molecule has 4 aromatic carbocycles. The van der Waals surface area contributed by atoms with Gasteiger partial charge in [-0.3, -0.25) is 29.5 Å². The van der Waals surface area contributed by atoms with Gasteiger partial charge in [0.05, 0.1) is 56.8 Å². The smallest absolute Gasteiger partial charge is 0.292 e. The van der Waals surface area contributed by atoms with Crippen LogP contribution < -0.4 is 10.2 Å². The number of fused-ring (bicyclic) bond motifs is 12. The van der Waals surface area contributed by atoms with Crippen molar-refractivity contribution in [1.29, 1.82) is 0 Å². The van der Waals surface area contributed by atoms with Gasteiger partial charge in [-0.15, -0.1) is 79.4 Å². The van der Waals surface area contributed by atoms with E-state index < -0.39 is 23.9 Å². The number of aromatic carboxylic acids is 4. The fourth-order valence-electron chi connectivity index (χ4n) is 6.07. The van der Waals surface area contributed by atoms with Crippen molar-refractivity contribution in [3.8, 4) is 0 Å². The van der Waals surface area contributed by atoms with E-state index in [0.29, 0.717) is 0 Å². The van der Waals surface area contributed by atoms with Gasteiger partial charge < -0.3 is 56.4 Å². The molecule has 0 amide bonds. The number of carboxylic acids is 4. The number of H-pyrrole nitrogens is 2. The molecule has 0 aliphatic heterocycles. The Morgan fingerprint density at radius 1 is 0.516 bits per heavy atom. The van der Waals surface area contributed by atoms with E-state index >= 15 is 0 Å². The summed E-state index contributed by atoms with van der Waals surface area (Å²) in [6.07, 6.45) is 10.6. The maximum absolute atomic E-state index is 10.4. The van der Waals surface area contributed by atoms with Crippen LogP contribution in [0, 0.1) is 12.1 Å². The monoisotopic (exact) mass is 1030 g/mol. The van der Waals surface area contributed by atoms with E-state index in [1.165, 1.54) is 12.1 Å². The average molecular weight is 1040 g/mol. The molecule has 0 fully saturated rings. The maximum atomic E-state index is 10.4. The number of carbonyl (C=O) groups excluding carboxylic acids is 2. The van der Waals surface area contributed by atoms with Crippen molar-refractivity contribution in [1.82, 2.24) is 39.9 Å². The minimum absolute atomic E-state index is 0. The number of pyridine rings is 4. The number of hydrogen-bond acceptors (Lipinski definition) is 12. The van der Waals surface area contributed by atoms with Crippen LogP contribution >= 0.6 is 31.9 Å². The zero-order valence-electron chi connectivity index (χ0n) is 32.1. The molecule has 0 spiro atoms. The Bertz CT molecular complexity index is 2960. The van der Waals surface area contributed by atoms with Crippen LogP contribution in [0.3, 0.4) is 0 Å². The molecule has 10 N–H and O–H groups in total. The van der Waals surface area contributed by atoms with Gasteiger partial charge in [-0.2, -0.15) is 0 Å². The van der Waals surface area contributed by atoms with E-state index in [1.807, 2.05) is 48.5 Å². The van der Waals surface area contributed by atoms with E-state index in [0.717, 1.165) is 77.8 Å². The van der Waals surface area contributed by atoms with Crippen LogP contribution in [-0.2, 0) is 17.1 Å². The molecule has 0 saturated heterocycles. The largest absolute Gasteiger partial charge is 0.603 e. The van der Waals surface area contributed by atoms with Gasteiger partial charge in [0.2, 0.25) is 0 Å². The Morgan fingerprint density at radius 2 is 0.828 bits per heavy atom. The summed E-state index contributed by atoms with van der Waals surface area (Å²) < 4.78 is 0.291. The number of nitrogens with zero attached hydrogens (tertiary/aromatic N) is 6. The number of aromatic amines is 2. The summed E-state index contributed by atoms with van der Waals surface area (Å²) in [6, 6.07) is 25.0. The Hall–Kier alpha value is -7.30. The predicted molar refractivity (Wildman–Crippen MR) is 233 cm³/mol. The first-order valence-corrected chi connectivity index (χ1v) is 18.7. The van der Waals surface area contributed by atoms with Gasteiger partial charge in [0.1, 0.15) is 0 Å². The molecule has 1 radical (unpaired) electrons. The van der Waals surface area contributed by atoms with Gasteiger partial charge >= 0.3 is 0 Å². The molecule has 10 aromatic rings. The molecular weight excluding hydrogens is 1010 g/mol. The van der Waals surface area contributed by atoms with Crippen molar-refractivity contribution in [2.75, 3.05) is 0 Å². The van der Waals surface area contributed by atoms with Crippen LogP contribution in [0.5, 0.6) is 0 Å². The van der Waals surface area contributed by atoms with Gasteiger partial charge in [-0.05, 0) is 71.6 Å². The topological polar surface area (TPSA) is 358 Å². The first-order valence-electron chi connectivity index (χ1n) is 17.1. The number of rotatable bonds is 4. The molecule has 327 valence electrons. The quantitative estimate of drug-likeness (QED) is 0.111. The number of aromatic nitrogens is 8. The van der Waals surface area contributed by atoms with Crippen LogP contribution in [0.4, 0.5) is 0 Å². The number of carbonyl (C=O) groups is 4. The fourth-order valence-corrected chi connectivity index (χ4v) is 7.11. The van der Waals surface area contributed by atoms with Crippen LogP contribution in [0.2, 0.25) is 0 Å². The molecule has 0 atom stereocenters. The number of hydrogen-bond donors (Lipinski definition) is 4. The maximum Gasteiger partial charge on any atom is 0.292 e. The predicted octanol–water partition coefficient (Wildman–Crippen LogP) is 3.46.